The lowest BCUT2D eigenvalue weighted by atomic mass is 10.3. The molecule has 0 radical (unpaired) electrons. The van der Waals surface area contributed by atoms with Crippen molar-refractivity contribution in [3.63, 3.8) is 0 Å². The molecule has 6 heteroatoms. The number of halogens is 4. The zero-order chi connectivity index (χ0) is 11.4. The summed E-state index contributed by atoms with van der Waals surface area (Å²) in [6.07, 6.45) is 0.333. The second-order valence-corrected chi connectivity index (χ2v) is 4.79. The van der Waals surface area contributed by atoms with E-state index in [1.54, 1.807) is 0 Å². The van der Waals surface area contributed by atoms with Crippen LogP contribution in [0, 0.1) is 5.82 Å². The molecule has 0 atom stereocenters. The molecule has 0 aliphatic rings. The molecular formula is C9H7Br2ClFNO. The third kappa shape index (κ3) is 3.74. The fraction of sp³-hybridized carbons (Fsp3) is 0.222. The average Bonchev–Trinajstić information content (AvgIpc) is 2.11. The van der Waals surface area contributed by atoms with Crippen molar-refractivity contribution >= 4 is 55.1 Å². The molecule has 0 heterocycles. The van der Waals surface area contributed by atoms with Crippen LogP contribution in [-0.4, -0.2) is 11.2 Å². The summed E-state index contributed by atoms with van der Waals surface area (Å²) in [6, 6.07) is 2.39. The van der Waals surface area contributed by atoms with Gasteiger partial charge in [-0.15, -0.1) is 0 Å². The molecule has 0 fully saturated rings. The van der Waals surface area contributed by atoms with Gasteiger partial charge in [-0.1, -0.05) is 27.5 Å². The Morgan fingerprint density at radius 3 is 2.73 bits per heavy atom. The highest BCUT2D eigenvalue weighted by Crippen LogP contribution is 2.31. The van der Waals surface area contributed by atoms with E-state index in [9.17, 15) is 9.18 Å². The monoisotopic (exact) mass is 357 g/mol. The lowest BCUT2D eigenvalue weighted by molar-refractivity contribution is -0.115. The number of carbonyl (C=O) groups excluding carboxylic acids is 1. The van der Waals surface area contributed by atoms with Crippen molar-refractivity contribution in [2.45, 2.75) is 6.42 Å². The van der Waals surface area contributed by atoms with Gasteiger partial charge in [0.25, 0.3) is 0 Å². The summed E-state index contributed by atoms with van der Waals surface area (Å²) in [4.78, 5) is 11.3. The standard InChI is InChI=1S/C9H7Br2ClFNO/c10-2-1-8(15)14-9-6(11)3-5(13)4-7(9)12/h3-4H,1-2H2,(H,14,15). The Kier molecular flexibility index (Phi) is 5.02. The van der Waals surface area contributed by atoms with Gasteiger partial charge in [0.2, 0.25) is 5.91 Å². The van der Waals surface area contributed by atoms with Crippen LogP contribution in [0.1, 0.15) is 6.42 Å². The highest BCUT2D eigenvalue weighted by atomic mass is 79.9. The number of amides is 1. The molecule has 0 aliphatic carbocycles. The normalized spacial score (nSPS) is 10.1. The first-order valence-corrected chi connectivity index (χ1v) is 6.34. The van der Waals surface area contributed by atoms with E-state index in [-0.39, 0.29) is 10.9 Å². The maximum Gasteiger partial charge on any atom is 0.225 e. The molecule has 1 amide bonds. The SMILES string of the molecule is O=C(CCBr)Nc1c(Cl)cc(F)cc1Br. The molecule has 1 aromatic rings. The molecular weight excluding hydrogens is 352 g/mol. The molecule has 0 spiro atoms. The number of alkyl halides is 1. The van der Waals surface area contributed by atoms with Crippen molar-refractivity contribution in [1.82, 2.24) is 0 Å². The van der Waals surface area contributed by atoms with Crippen molar-refractivity contribution in [3.05, 3.63) is 27.4 Å². The van der Waals surface area contributed by atoms with Gasteiger partial charge < -0.3 is 5.32 Å². The average molecular weight is 359 g/mol. The van der Waals surface area contributed by atoms with Crippen LogP contribution in [-0.2, 0) is 4.79 Å². The highest BCUT2D eigenvalue weighted by Gasteiger charge is 2.10. The van der Waals surface area contributed by atoms with Gasteiger partial charge in [0.15, 0.2) is 0 Å². The van der Waals surface area contributed by atoms with E-state index in [0.29, 0.717) is 21.9 Å². The third-order valence-corrected chi connectivity index (χ3v) is 2.91. The van der Waals surface area contributed by atoms with Crippen molar-refractivity contribution in [2.75, 3.05) is 10.6 Å². The highest BCUT2D eigenvalue weighted by molar-refractivity contribution is 9.10. The molecule has 0 saturated heterocycles. The van der Waals surface area contributed by atoms with Gasteiger partial charge in [-0.05, 0) is 28.1 Å². The number of anilines is 1. The van der Waals surface area contributed by atoms with E-state index >= 15 is 0 Å². The summed E-state index contributed by atoms with van der Waals surface area (Å²) in [5.41, 5.74) is 0.393. The van der Waals surface area contributed by atoms with Gasteiger partial charge >= 0.3 is 0 Å². The number of hydrogen-bond donors (Lipinski definition) is 1. The summed E-state index contributed by atoms with van der Waals surface area (Å²) < 4.78 is 13.3. The second kappa shape index (κ2) is 5.82. The van der Waals surface area contributed by atoms with Crippen LogP contribution < -0.4 is 5.32 Å². The Labute approximate surface area is 108 Å². The van der Waals surface area contributed by atoms with Gasteiger partial charge in [0.05, 0.1) is 10.7 Å². The van der Waals surface area contributed by atoms with Gasteiger partial charge in [0, 0.05) is 16.2 Å². The van der Waals surface area contributed by atoms with Crippen molar-refractivity contribution in [3.8, 4) is 0 Å². The minimum atomic E-state index is -0.453. The fourth-order valence-electron chi connectivity index (χ4n) is 0.949. The number of nitrogens with one attached hydrogen (secondary N) is 1. The van der Waals surface area contributed by atoms with Crippen molar-refractivity contribution in [2.24, 2.45) is 0 Å². The van der Waals surface area contributed by atoms with Crippen LogP contribution in [0.15, 0.2) is 16.6 Å². The molecule has 0 saturated carbocycles. The lowest BCUT2D eigenvalue weighted by Gasteiger charge is -2.08. The minimum absolute atomic E-state index is 0.171. The van der Waals surface area contributed by atoms with Gasteiger partial charge in [-0.3, -0.25) is 4.79 Å². The molecule has 2 nitrogen and oxygen atoms in total. The first-order valence-electron chi connectivity index (χ1n) is 4.05. The summed E-state index contributed by atoms with van der Waals surface area (Å²) in [5.74, 6) is -0.633. The number of rotatable bonds is 3. The van der Waals surface area contributed by atoms with E-state index in [1.165, 1.54) is 6.07 Å². The molecule has 0 aliphatic heterocycles. The van der Waals surface area contributed by atoms with Gasteiger partial charge in [0.1, 0.15) is 5.82 Å². The predicted molar refractivity (Wildman–Crippen MR) is 66.2 cm³/mol. The zero-order valence-corrected chi connectivity index (χ0v) is 11.4. The molecule has 82 valence electrons. The van der Waals surface area contributed by atoms with Crippen LogP contribution in [0.3, 0.4) is 0 Å². The summed E-state index contributed by atoms with van der Waals surface area (Å²) in [5, 5.41) is 3.33. The lowest BCUT2D eigenvalue weighted by Crippen LogP contribution is -2.12. The molecule has 0 unspecified atom stereocenters. The van der Waals surface area contributed by atoms with Crippen LogP contribution in [0.4, 0.5) is 10.1 Å². The van der Waals surface area contributed by atoms with E-state index < -0.39 is 5.82 Å². The number of carbonyl (C=O) groups is 1. The molecule has 1 rings (SSSR count). The Morgan fingerprint density at radius 1 is 1.53 bits per heavy atom. The molecule has 1 aromatic carbocycles. The van der Waals surface area contributed by atoms with E-state index in [2.05, 4.69) is 37.2 Å². The zero-order valence-electron chi connectivity index (χ0n) is 7.49. The second-order valence-electron chi connectivity index (χ2n) is 2.73. The first-order chi connectivity index (χ1) is 7.04. The Bertz CT molecular complexity index is 363. The van der Waals surface area contributed by atoms with Crippen LogP contribution in [0.25, 0.3) is 0 Å². The Morgan fingerprint density at radius 2 is 2.20 bits per heavy atom. The topological polar surface area (TPSA) is 29.1 Å². The summed E-state index contributed by atoms with van der Waals surface area (Å²) in [6.45, 7) is 0. The summed E-state index contributed by atoms with van der Waals surface area (Å²) >= 11 is 12.1. The Hall–Kier alpha value is -0.130. The van der Waals surface area contributed by atoms with Gasteiger partial charge in [-0.25, -0.2) is 4.39 Å². The smallest absolute Gasteiger partial charge is 0.225 e. The summed E-state index contributed by atoms with van der Waals surface area (Å²) in [7, 11) is 0. The Balaban J connectivity index is 2.90. The van der Waals surface area contributed by atoms with Gasteiger partial charge in [-0.2, -0.15) is 0 Å². The van der Waals surface area contributed by atoms with Crippen LogP contribution >= 0.6 is 43.5 Å². The maximum absolute atomic E-state index is 12.9. The minimum Gasteiger partial charge on any atom is -0.324 e. The maximum atomic E-state index is 12.9. The molecule has 15 heavy (non-hydrogen) atoms. The fourth-order valence-corrected chi connectivity index (χ4v) is 2.21. The largest absolute Gasteiger partial charge is 0.324 e. The molecule has 0 bridgehead atoms. The van der Waals surface area contributed by atoms with E-state index in [1.807, 2.05) is 0 Å². The van der Waals surface area contributed by atoms with E-state index in [4.69, 9.17) is 11.6 Å². The predicted octanol–water partition coefficient (Wildman–Crippen LogP) is 3.97. The number of benzene rings is 1. The number of hydrogen-bond acceptors (Lipinski definition) is 1. The van der Waals surface area contributed by atoms with Crippen molar-refractivity contribution < 1.29 is 9.18 Å². The third-order valence-electron chi connectivity index (χ3n) is 1.59. The van der Waals surface area contributed by atoms with E-state index in [0.717, 1.165) is 6.07 Å². The van der Waals surface area contributed by atoms with Crippen LogP contribution in [0.5, 0.6) is 0 Å². The van der Waals surface area contributed by atoms with Crippen molar-refractivity contribution in [1.29, 1.82) is 0 Å². The quantitative estimate of drug-likeness (QED) is 0.813. The van der Waals surface area contributed by atoms with Crippen LogP contribution in [0.2, 0.25) is 5.02 Å². The molecule has 1 N–H and O–H groups in total. The first kappa shape index (κ1) is 12.9. The molecule has 0 aromatic heterocycles.